The molecule has 4 aromatic rings. The summed E-state index contributed by atoms with van der Waals surface area (Å²) in [5.41, 5.74) is 0. The quantitative estimate of drug-likeness (QED) is 0.0322. The highest BCUT2D eigenvalue weighted by Crippen LogP contribution is 2.43. The second-order valence-corrected chi connectivity index (χ2v) is 42.3. The highest BCUT2D eigenvalue weighted by molar-refractivity contribution is 7.89. The normalized spacial score (nSPS) is 13.7. The molecule has 0 aliphatic carbocycles. The van der Waals surface area contributed by atoms with Gasteiger partial charge in [-0.05, 0) is 107 Å². The van der Waals surface area contributed by atoms with E-state index in [0.717, 1.165) is 148 Å². The van der Waals surface area contributed by atoms with Crippen molar-refractivity contribution in [3.63, 3.8) is 0 Å². The Bertz CT molecular complexity index is 2500. The Morgan fingerprint density at radius 2 is 0.222 bits per heavy atom. The maximum Gasteiger partial charge on any atom is 0.0556 e. The van der Waals surface area contributed by atoms with Crippen molar-refractivity contribution in [1.29, 1.82) is 0 Å². The zero-order chi connectivity index (χ0) is 77.5. The lowest BCUT2D eigenvalue weighted by Crippen LogP contribution is -2.09. The first-order valence-electron chi connectivity index (χ1n) is 46.9. The Morgan fingerprint density at radius 3 is 0.315 bits per heavy atom. The minimum Gasteiger partial charge on any atom is -0.254 e. The van der Waals surface area contributed by atoms with Crippen molar-refractivity contribution >= 4 is 97.1 Å². The molecule has 4 aromatic carbocycles. The molecule has 0 amide bonds. The summed E-state index contributed by atoms with van der Waals surface area (Å²) in [6.45, 7) is 13.7. The molecule has 0 spiro atoms. The Hall–Kier alpha value is -1.44. The van der Waals surface area contributed by atoms with E-state index in [1.54, 1.807) is 0 Å². The summed E-state index contributed by atoms with van der Waals surface area (Å²) in [5.74, 6) is 2.94. The summed E-state index contributed by atoms with van der Waals surface area (Å²) in [7, 11) is -8.74. The molecule has 0 aromatic heterocycles. The third-order valence-corrected chi connectivity index (χ3v) is 32.5. The Morgan fingerprint density at radius 1 is 0.139 bits per heavy atom. The molecule has 0 aliphatic heterocycles. The van der Waals surface area contributed by atoms with Crippen LogP contribution in [-0.2, 0) is 64.8 Å². The highest BCUT2D eigenvalue weighted by Gasteiger charge is 2.26. The van der Waals surface area contributed by atoms with E-state index in [2.05, 4.69) is 77.9 Å². The molecule has 6 nitrogen and oxygen atoms in total. The molecule has 108 heavy (non-hydrogen) atoms. The first kappa shape index (κ1) is 98.9. The zero-order valence-corrected chi connectivity index (χ0v) is 76.2. The lowest BCUT2D eigenvalue weighted by Gasteiger charge is -2.20. The van der Waals surface area contributed by atoms with E-state index in [-0.39, 0.29) is 0 Å². The second-order valence-electron chi connectivity index (χ2n) is 33.0. The van der Waals surface area contributed by atoms with Crippen LogP contribution >= 0.6 is 0 Å². The predicted octanol–water partition coefficient (Wildman–Crippen LogP) is 31.7. The van der Waals surface area contributed by atoms with Crippen LogP contribution in [0.5, 0.6) is 0 Å². The third-order valence-electron chi connectivity index (χ3n) is 23.2. The van der Waals surface area contributed by atoms with E-state index in [1.165, 1.54) is 308 Å². The molecule has 0 radical (unpaired) electrons. The maximum absolute atomic E-state index is 15.4. The molecule has 0 heterocycles. The Kier molecular flexibility index (Phi) is 62.0. The van der Waals surface area contributed by atoms with Crippen LogP contribution in [0.3, 0.4) is 0 Å². The first-order chi connectivity index (χ1) is 53.1. The number of benzene rings is 4. The predicted molar refractivity (Wildman–Crippen MR) is 485 cm³/mol. The molecule has 12 heteroatoms. The average Bonchev–Trinajstić information content (AvgIpc) is 0.719. The van der Waals surface area contributed by atoms with Crippen LogP contribution in [0.1, 0.15) is 465 Å². The van der Waals surface area contributed by atoms with Gasteiger partial charge >= 0.3 is 0 Å². The van der Waals surface area contributed by atoms with Gasteiger partial charge in [0.25, 0.3) is 0 Å². The van der Waals surface area contributed by atoms with Crippen LogP contribution in [0.25, 0.3) is 32.3 Å². The van der Waals surface area contributed by atoms with Gasteiger partial charge in [-0.1, -0.05) is 427 Å². The van der Waals surface area contributed by atoms with E-state index < -0.39 is 64.8 Å². The van der Waals surface area contributed by atoms with Gasteiger partial charge in [0.05, 0.1) is 94.2 Å². The smallest absolute Gasteiger partial charge is 0.0556 e. The van der Waals surface area contributed by atoms with Gasteiger partial charge in [0.1, 0.15) is 0 Å². The topological polar surface area (TPSA) is 102 Å². The molecule has 0 bridgehead atoms. The average molecular weight is 1610 g/mol. The number of hydrogen-bond donors (Lipinski definition) is 0. The first-order valence-corrected chi connectivity index (χ1v) is 54.8. The van der Waals surface area contributed by atoms with Crippen molar-refractivity contribution < 1.29 is 25.3 Å². The Balaban J connectivity index is 1.92. The van der Waals surface area contributed by atoms with Crippen molar-refractivity contribution in [2.24, 2.45) is 0 Å². The molecule has 0 N–H and O–H groups in total. The van der Waals surface area contributed by atoms with Gasteiger partial charge in [-0.15, -0.1) is 0 Å². The van der Waals surface area contributed by atoms with E-state index in [0.29, 0.717) is 63.9 Å². The third kappa shape index (κ3) is 43.5. The van der Waals surface area contributed by atoms with Crippen LogP contribution < -0.4 is 0 Å². The van der Waals surface area contributed by atoms with Crippen LogP contribution in [0.2, 0.25) is 0 Å². The van der Waals surface area contributed by atoms with Crippen molar-refractivity contribution in [3.8, 4) is 0 Å². The molecule has 624 valence electrons. The fourth-order valence-electron chi connectivity index (χ4n) is 16.1. The minimum absolute atomic E-state index is 0.490. The van der Waals surface area contributed by atoms with Crippen molar-refractivity contribution in [1.82, 2.24) is 0 Å². The number of rotatable bonds is 78. The fraction of sp³-hybridized carbons (Fsp3) is 0.812. The van der Waals surface area contributed by atoms with Crippen LogP contribution in [0, 0.1) is 0 Å². The minimum atomic E-state index is -1.46. The van der Waals surface area contributed by atoms with Crippen LogP contribution in [-0.4, -0.2) is 59.8 Å². The largest absolute Gasteiger partial charge is 0.254 e. The summed E-state index contributed by atoms with van der Waals surface area (Å²) in [6.07, 6.45) is 79.5. The maximum atomic E-state index is 15.4. The molecular formula is C96H168O6S6. The van der Waals surface area contributed by atoms with E-state index in [9.17, 15) is 0 Å². The van der Waals surface area contributed by atoms with Gasteiger partial charge in [-0.25, -0.2) is 0 Å². The van der Waals surface area contributed by atoms with Crippen molar-refractivity contribution in [2.75, 3.05) is 34.5 Å². The van der Waals surface area contributed by atoms with Crippen molar-refractivity contribution in [3.05, 3.63) is 36.4 Å². The summed E-state index contributed by atoms with van der Waals surface area (Å²) in [5, 5.41) is 5.10. The van der Waals surface area contributed by atoms with E-state index >= 15 is 25.3 Å². The fourth-order valence-corrected chi connectivity index (χ4v) is 25.1. The standard InChI is InChI=1S/C96H168O6S6/c1-7-13-19-25-31-37-43-49-55-61-67-73-103(97)91-79-85-86(80-92(91)104(98)74-68-62-56-50-44-38-32-26-20-14-8-2)88-82-94(106(100)76-70-64-58-52-46-40-34-28-22-16-10-4)96(108(102)78-72-66-60-54-48-42-36-30-24-18-12-6)84-90(88)89-83-95(107(101)77-71-65-59-53-47-41-35-29-23-17-11-5)93(81-87(85)89)105(99)75-69-63-57-51-45-39-33-27-21-15-9-3/h79-84H,7-78H2,1-6H3. The van der Waals surface area contributed by atoms with Gasteiger partial charge < -0.3 is 0 Å². The van der Waals surface area contributed by atoms with Crippen molar-refractivity contribution in [2.45, 2.75) is 495 Å². The molecule has 4 rings (SSSR count). The summed E-state index contributed by atoms with van der Waals surface area (Å²) < 4.78 is 92.5. The SMILES string of the molecule is CCCCCCCCCCCCCS(=O)c1cc2c3cc(S(=O)CCCCCCCCCCCCC)c(S(=O)CCCCCCCCCCCCC)cc3c3cc(S(=O)CCCCCCCCCCCCC)c(S(=O)CCCCCCCCCCCCC)cc3c2cc1S(=O)CCCCCCCCCCCCC. The van der Waals surface area contributed by atoms with Gasteiger partial charge in [0.2, 0.25) is 0 Å². The number of unbranched alkanes of at least 4 members (excludes halogenated alkanes) is 60. The summed E-state index contributed by atoms with van der Waals surface area (Å²) >= 11 is 0. The number of fused-ring (bicyclic) bond motifs is 6. The molecule has 6 atom stereocenters. The lowest BCUT2D eigenvalue weighted by atomic mass is 9.94. The molecular weight excluding hydrogens is 1440 g/mol. The van der Waals surface area contributed by atoms with Crippen LogP contribution in [0.15, 0.2) is 65.8 Å². The Labute approximate surface area is 682 Å². The van der Waals surface area contributed by atoms with Crippen LogP contribution in [0.4, 0.5) is 0 Å². The second kappa shape index (κ2) is 67.7. The van der Waals surface area contributed by atoms with E-state index in [4.69, 9.17) is 0 Å². The lowest BCUT2D eigenvalue weighted by molar-refractivity contribution is 0.554. The van der Waals surface area contributed by atoms with E-state index in [1.807, 2.05) is 0 Å². The zero-order valence-electron chi connectivity index (χ0n) is 71.3. The monoisotopic (exact) mass is 1610 g/mol. The summed E-state index contributed by atoms with van der Waals surface area (Å²) in [6, 6.07) is 12.6. The molecule has 6 unspecified atom stereocenters. The van der Waals surface area contributed by atoms with Gasteiger partial charge in [0, 0.05) is 34.5 Å². The van der Waals surface area contributed by atoms with Gasteiger partial charge in [-0.2, -0.15) is 0 Å². The highest BCUT2D eigenvalue weighted by atomic mass is 32.2. The molecule has 0 saturated carbocycles. The van der Waals surface area contributed by atoms with Gasteiger partial charge in [-0.3, -0.25) is 25.3 Å². The molecule has 0 fully saturated rings. The van der Waals surface area contributed by atoms with Gasteiger partial charge in [0.15, 0.2) is 0 Å². The summed E-state index contributed by atoms with van der Waals surface area (Å²) in [4.78, 5) is 3.80. The molecule has 0 aliphatic rings. The number of hydrogen-bond acceptors (Lipinski definition) is 6. The molecule has 0 saturated heterocycles.